The molecule has 16 heavy (non-hydrogen) atoms. The van der Waals surface area contributed by atoms with Gasteiger partial charge in [0.2, 0.25) is 0 Å². The highest BCUT2D eigenvalue weighted by atomic mass is 16.5. The molecule has 0 rings (SSSR count). The number of unbranched alkanes of at least 4 members (excludes halogenated alkanes) is 1. The second kappa shape index (κ2) is 8.57. The van der Waals surface area contributed by atoms with Gasteiger partial charge in [-0.25, -0.2) is 0 Å². The summed E-state index contributed by atoms with van der Waals surface area (Å²) in [5.74, 6) is 0. The second-order valence-electron chi connectivity index (χ2n) is 4.68. The second-order valence-corrected chi connectivity index (χ2v) is 4.68. The van der Waals surface area contributed by atoms with Crippen LogP contribution in [0.5, 0.6) is 0 Å². The summed E-state index contributed by atoms with van der Waals surface area (Å²) in [6.45, 7) is 13.7. The molecule has 0 bridgehead atoms. The molecular weight excluding hydrogens is 202 g/mol. The molecule has 0 saturated carbocycles. The van der Waals surface area contributed by atoms with E-state index in [0.29, 0.717) is 6.47 Å². The Kier molecular flexibility index (Phi) is 8.26. The van der Waals surface area contributed by atoms with E-state index in [1.54, 1.807) is 0 Å². The van der Waals surface area contributed by atoms with Gasteiger partial charge in [0.25, 0.3) is 6.47 Å². The Morgan fingerprint density at radius 1 is 1.19 bits per heavy atom. The number of hydrogen-bond donors (Lipinski definition) is 0. The molecule has 3 nitrogen and oxygen atoms in total. The highest BCUT2D eigenvalue weighted by Gasteiger charge is 2.26. The van der Waals surface area contributed by atoms with Crippen molar-refractivity contribution >= 4 is 6.47 Å². The van der Waals surface area contributed by atoms with Crippen LogP contribution in [-0.2, 0) is 9.53 Å². The Morgan fingerprint density at radius 2 is 1.88 bits per heavy atom. The summed E-state index contributed by atoms with van der Waals surface area (Å²) in [7, 11) is 0. The van der Waals surface area contributed by atoms with Gasteiger partial charge in [0, 0.05) is 0 Å². The average Bonchev–Trinajstić information content (AvgIpc) is 2.26. The lowest BCUT2D eigenvalue weighted by atomic mass is 10.2. The van der Waals surface area contributed by atoms with Crippen molar-refractivity contribution in [1.29, 1.82) is 0 Å². The Labute approximate surface area is 100 Å². The van der Waals surface area contributed by atoms with Crippen molar-refractivity contribution < 1.29 is 14.0 Å². The van der Waals surface area contributed by atoms with Gasteiger partial charge in [-0.3, -0.25) is 4.79 Å². The van der Waals surface area contributed by atoms with Gasteiger partial charge >= 0.3 is 0 Å². The van der Waals surface area contributed by atoms with Gasteiger partial charge in [0.05, 0.1) is 19.6 Å². The van der Waals surface area contributed by atoms with Crippen LogP contribution >= 0.6 is 0 Å². The fourth-order valence-corrected chi connectivity index (χ4v) is 2.39. The van der Waals surface area contributed by atoms with Gasteiger partial charge in [-0.2, -0.15) is 0 Å². The zero-order chi connectivity index (χ0) is 12.4. The molecule has 0 saturated heterocycles. The predicted octanol–water partition coefficient (Wildman–Crippen LogP) is 2.59. The van der Waals surface area contributed by atoms with E-state index in [0.717, 1.165) is 17.6 Å². The number of rotatable bonds is 10. The zero-order valence-electron chi connectivity index (χ0n) is 11.4. The number of ether oxygens (including phenoxy) is 1. The maximum absolute atomic E-state index is 10.3. The first-order chi connectivity index (χ1) is 7.64. The Bertz CT molecular complexity index is 185. The fourth-order valence-electron chi connectivity index (χ4n) is 2.39. The molecule has 0 aliphatic rings. The molecule has 0 aromatic heterocycles. The van der Waals surface area contributed by atoms with Crippen LogP contribution in [0.25, 0.3) is 0 Å². The molecule has 2 unspecified atom stereocenters. The highest BCUT2D eigenvalue weighted by Crippen LogP contribution is 2.13. The third-order valence-electron chi connectivity index (χ3n) is 3.29. The lowest BCUT2D eigenvalue weighted by Crippen LogP contribution is -2.53. The maximum atomic E-state index is 10.3. The molecular formula is C13H28NO2+. The molecule has 0 aliphatic carbocycles. The Balaban J connectivity index is 4.40. The van der Waals surface area contributed by atoms with Crippen molar-refractivity contribution in [3.63, 3.8) is 0 Å². The summed E-state index contributed by atoms with van der Waals surface area (Å²) in [4.78, 5) is 10.3. The molecule has 0 aromatic rings. The summed E-state index contributed by atoms with van der Waals surface area (Å²) < 4.78 is 6.11. The van der Waals surface area contributed by atoms with Crippen molar-refractivity contribution in [3.8, 4) is 0 Å². The van der Waals surface area contributed by atoms with E-state index in [9.17, 15) is 4.79 Å². The van der Waals surface area contributed by atoms with Crippen LogP contribution in [0.2, 0.25) is 0 Å². The van der Waals surface area contributed by atoms with Gasteiger partial charge in [0.15, 0.2) is 0 Å². The Morgan fingerprint density at radius 3 is 2.31 bits per heavy atom. The summed E-state index contributed by atoms with van der Waals surface area (Å²) >= 11 is 0. The molecule has 0 amide bonds. The quantitative estimate of drug-likeness (QED) is 0.426. The third kappa shape index (κ3) is 5.50. The minimum absolute atomic E-state index is 0.0286. The van der Waals surface area contributed by atoms with Crippen molar-refractivity contribution in [1.82, 2.24) is 0 Å². The van der Waals surface area contributed by atoms with Crippen LogP contribution in [-0.4, -0.2) is 43.2 Å². The van der Waals surface area contributed by atoms with E-state index in [2.05, 4.69) is 20.8 Å². The fraction of sp³-hybridized carbons (Fsp3) is 0.923. The minimum Gasteiger partial charge on any atom is -0.459 e. The van der Waals surface area contributed by atoms with E-state index in [1.807, 2.05) is 6.92 Å². The molecule has 0 aromatic carbocycles. The van der Waals surface area contributed by atoms with Crippen molar-refractivity contribution in [3.05, 3.63) is 0 Å². The zero-order valence-corrected chi connectivity index (χ0v) is 11.4. The van der Waals surface area contributed by atoms with Crippen molar-refractivity contribution in [2.24, 2.45) is 0 Å². The Hall–Kier alpha value is -0.570. The number of carbonyl (C=O) groups is 1. The lowest BCUT2D eigenvalue weighted by molar-refractivity contribution is -0.929. The van der Waals surface area contributed by atoms with E-state index in [1.165, 1.54) is 32.4 Å². The van der Waals surface area contributed by atoms with Gasteiger partial charge in [0.1, 0.15) is 12.6 Å². The van der Waals surface area contributed by atoms with Crippen molar-refractivity contribution in [2.75, 3.05) is 26.2 Å². The summed E-state index contributed by atoms with van der Waals surface area (Å²) in [5, 5.41) is 0. The molecule has 0 N–H and O–H groups in total. The first-order valence-corrected chi connectivity index (χ1v) is 6.58. The van der Waals surface area contributed by atoms with Crippen molar-refractivity contribution in [2.45, 2.75) is 53.1 Å². The molecule has 0 heterocycles. The third-order valence-corrected chi connectivity index (χ3v) is 3.29. The van der Waals surface area contributed by atoms with E-state index < -0.39 is 0 Å². The van der Waals surface area contributed by atoms with Gasteiger partial charge in [-0.05, 0) is 26.7 Å². The molecule has 2 atom stereocenters. The number of likely N-dealkylation sites (N-methyl/N-ethyl adjacent to an activating group) is 1. The standard InChI is InChI=1S/C13H28NO2/c1-5-8-10-14(7-3,9-6-2)11-13(4)16-12-15/h12-13H,5-11H2,1-4H3/q+1. The largest absolute Gasteiger partial charge is 0.459 e. The number of hydrogen-bond acceptors (Lipinski definition) is 2. The van der Waals surface area contributed by atoms with E-state index in [4.69, 9.17) is 4.74 Å². The summed E-state index contributed by atoms with van der Waals surface area (Å²) in [6, 6.07) is 0. The highest BCUT2D eigenvalue weighted by molar-refractivity contribution is 5.37. The van der Waals surface area contributed by atoms with Gasteiger partial charge in [-0.15, -0.1) is 0 Å². The van der Waals surface area contributed by atoms with Crippen LogP contribution in [0.4, 0.5) is 0 Å². The van der Waals surface area contributed by atoms with Crippen LogP contribution < -0.4 is 0 Å². The van der Waals surface area contributed by atoms with Crippen LogP contribution in [0, 0.1) is 0 Å². The SMILES string of the molecule is CCCC[N+](CC)(CCC)CC(C)OC=O. The van der Waals surface area contributed by atoms with Gasteiger partial charge < -0.3 is 9.22 Å². The van der Waals surface area contributed by atoms with Crippen LogP contribution in [0.15, 0.2) is 0 Å². The average molecular weight is 230 g/mol. The molecule has 0 fully saturated rings. The molecule has 96 valence electrons. The van der Waals surface area contributed by atoms with E-state index >= 15 is 0 Å². The first-order valence-electron chi connectivity index (χ1n) is 6.58. The monoisotopic (exact) mass is 230 g/mol. The first kappa shape index (κ1) is 15.4. The maximum Gasteiger partial charge on any atom is 0.293 e. The predicted molar refractivity (Wildman–Crippen MR) is 67.2 cm³/mol. The molecule has 3 heteroatoms. The molecule has 0 spiro atoms. The molecule has 0 aliphatic heterocycles. The topological polar surface area (TPSA) is 26.3 Å². The van der Waals surface area contributed by atoms with Crippen LogP contribution in [0.3, 0.4) is 0 Å². The number of nitrogens with zero attached hydrogens (tertiary/aromatic N) is 1. The van der Waals surface area contributed by atoms with E-state index in [-0.39, 0.29) is 6.10 Å². The van der Waals surface area contributed by atoms with Gasteiger partial charge in [-0.1, -0.05) is 20.3 Å². The lowest BCUT2D eigenvalue weighted by Gasteiger charge is -2.39. The normalized spacial score (nSPS) is 16.5. The summed E-state index contributed by atoms with van der Waals surface area (Å²) in [6.07, 6.45) is 3.69. The van der Waals surface area contributed by atoms with Crippen LogP contribution in [0.1, 0.15) is 47.0 Å². The smallest absolute Gasteiger partial charge is 0.293 e. The number of carbonyl (C=O) groups excluding carboxylic acids is 1. The summed E-state index contributed by atoms with van der Waals surface area (Å²) in [5.41, 5.74) is 0. The minimum atomic E-state index is 0.0286. The number of quaternary nitrogens is 1. The molecule has 0 radical (unpaired) electrons.